The lowest BCUT2D eigenvalue weighted by molar-refractivity contribution is 0.144. The Morgan fingerprint density at radius 1 is 0.625 bits per heavy atom. The van der Waals surface area contributed by atoms with Gasteiger partial charge < -0.3 is 10.1 Å². The molecule has 0 aliphatic heterocycles. The van der Waals surface area contributed by atoms with Crippen molar-refractivity contribution in [2.24, 2.45) is 0 Å². The van der Waals surface area contributed by atoms with Crippen LogP contribution < -0.4 is 5.32 Å². The van der Waals surface area contributed by atoms with Crippen LogP contribution in [0.1, 0.15) is 118 Å². The molecule has 0 aromatic heterocycles. The molecule has 1 amide bonds. The predicted molar refractivity (Wildman–Crippen MR) is 107 cm³/mol. The van der Waals surface area contributed by atoms with Crippen LogP contribution in [0.4, 0.5) is 4.79 Å². The van der Waals surface area contributed by atoms with Gasteiger partial charge in [0.2, 0.25) is 0 Å². The molecular formula is C21H45NO2. The fourth-order valence-corrected chi connectivity index (χ4v) is 2.45. The van der Waals surface area contributed by atoms with Gasteiger partial charge in [-0.3, -0.25) is 0 Å². The van der Waals surface area contributed by atoms with Gasteiger partial charge >= 0.3 is 6.09 Å². The van der Waals surface area contributed by atoms with Gasteiger partial charge in [0.05, 0.1) is 6.61 Å². The molecule has 0 spiro atoms. The highest BCUT2D eigenvalue weighted by Gasteiger charge is 1.97. The smallest absolute Gasteiger partial charge is 0.407 e. The number of nitrogens with one attached hydrogen (secondary N) is 1. The van der Waals surface area contributed by atoms with E-state index in [0.29, 0.717) is 13.2 Å². The fourth-order valence-electron chi connectivity index (χ4n) is 2.45. The van der Waals surface area contributed by atoms with E-state index in [1.807, 2.05) is 6.92 Å². The molecule has 3 nitrogen and oxygen atoms in total. The van der Waals surface area contributed by atoms with Gasteiger partial charge in [0.1, 0.15) is 0 Å². The number of ether oxygens (including phenoxy) is 1. The molecule has 0 radical (unpaired) electrons. The number of rotatable bonds is 15. The van der Waals surface area contributed by atoms with Crippen molar-refractivity contribution in [2.75, 3.05) is 13.2 Å². The van der Waals surface area contributed by atoms with Crippen LogP contribution in [0.2, 0.25) is 0 Å². The minimum absolute atomic E-state index is 0.291. The SMILES string of the molecule is CCCCCCCCCC.CCCCCCCCOC(=O)NCC. The summed E-state index contributed by atoms with van der Waals surface area (Å²) < 4.78 is 4.94. The zero-order valence-electron chi connectivity index (χ0n) is 17.1. The van der Waals surface area contributed by atoms with E-state index in [4.69, 9.17) is 4.74 Å². The number of amides is 1. The first-order valence-electron chi connectivity index (χ1n) is 10.6. The Morgan fingerprint density at radius 2 is 1.00 bits per heavy atom. The van der Waals surface area contributed by atoms with E-state index in [-0.39, 0.29) is 6.09 Å². The van der Waals surface area contributed by atoms with Gasteiger partial charge in [-0.05, 0) is 13.3 Å². The molecule has 0 aliphatic rings. The highest BCUT2D eigenvalue weighted by atomic mass is 16.5. The molecule has 1 N–H and O–H groups in total. The van der Waals surface area contributed by atoms with Crippen LogP contribution in [-0.2, 0) is 4.74 Å². The van der Waals surface area contributed by atoms with Crippen molar-refractivity contribution in [1.29, 1.82) is 0 Å². The average molecular weight is 344 g/mol. The number of carbonyl (C=O) groups is 1. The van der Waals surface area contributed by atoms with Gasteiger partial charge in [-0.2, -0.15) is 0 Å². The molecule has 24 heavy (non-hydrogen) atoms. The molecule has 0 heterocycles. The minimum atomic E-state index is -0.291. The highest BCUT2D eigenvalue weighted by molar-refractivity contribution is 5.66. The Balaban J connectivity index is 0. The first kappa shape index (κ1) is 25.5. The van der Waals surface area contributed by atoms with Gasteiger partial charge in [-0.1, -0.05) is 104 Å². The topological polar surface area (TPSA) is 38.3 Å². The standard InChI is InChI=1S/C11H23NO2.C10H22/c1-3-5-6-7-8-9-10-14-11(13)12-4-2;1-3-5-7-9-10-8-6-4-2/h3-10H2,1-2H3,(H,12,13);3-10H2,1-2H3. The van der Waals surface area contributed by atoms with Gasteiger partial charge in [0.25, 0.3) is 0 Å². The predicted octanol–water partition coefficient (Wildman–Crippen LogP) is 7.24. The molecule has 0 bridgehead atoms. The fraction of sp³-hybridized carbons (Fsp3) is 0.952. The summed E-state index contributed by atoms with van der Waals surface area (Å²) in [4.78, 5) is 10.8. The van der Waals surface area contributed by atoms with Gasteiger partial charge in [0.15, 0.2) is 0 Å². The maximum atomic E-state index is 10.8. The lowest BCUT2D eigenvalue weighted by Crippen LogP contribution is -2.23. The number of carbonyl (C=O) groups excluding carboxylic acids is 1. The maximum absolute atomic E-state index is 10.8. The highest BCUT2D eigenvalue weighted by Crippen LogP contribution is 2.07. The third-order valence-corrected chi connectivity index (χ3v) is 4.01. The first-order chi connectivity index (χ1) is 11.7. The summed E-state index contributed by atoms with van der Waals surface area (Å²) >= 11 is 0. The Hall–Kier alpha value is -0.730. The molecule has 0 aliphatic carbocycles. The Labute approximate surface area is 152 Å². The third kappa shape index (κ3) is 26.2. The molecule has 0 aromatic carbocycles. The van der Waals surface area contributed by atoms with Crippen LogP contribution in [0, 0.1) is 0 Å². The number of alkyl carbamates (subject to hydrolysis) is 1. The van der Waals surface area contributed by atoms with Crippen LogP contribution in [0.5, 0.6) is 0 Å². The zero-order chi connectivity index (χ0) is 18.3. The third-order valence-electron chi connectivity index (χ3n) is 4.01. The van der Waals surface area contributed by atoms with E-state index in [1.165, 1.54) is 83.5 Å². The Kier molecular flexibility index (Phi) is 26.1. The molecule has 0 aromatic rings. The summed E-state index contributed by atoms with van der Waals surface area (Å²) in [6.45, 7) is 9.82. The number of hydrogen-bond donors (Lipinski definition) is 1. The van der Waals surface area contributed by atoms with Crippen LogP contribution in [0.25, 0.3) is 0 Å². The second kappa shape index (κ2) is 24.5. The Bertz CT molecular complexity index is 224. The number of unbranched alkanes of at least 4 members (excludes halogenated alkanes) is 12. The summed E-state index contributed by atoms with van der Waals surface area (Å²) in [5, 5.41) is 2.60. The van der Waals surface area contributed by atoms with Crippen molar-refractivity contribution in [2.45, 2.75) is 118 Å². The van der Waals surface area contributed by atoms with Crippen molar-refractivity contribution in [1.82, 2.24) is 5.32 Å². The van der Waals surface area contributed by atoms with Crippen LogP contribution in [0.15, 0.2) is 0 Å². The quantitative estimate of drug-likeness (QED) is 0.318. The van der Waals surface area contributed by atoms with Crippen molar-refractivity contribution in [3.63, 3.8) is 0 Å². The molecule has 146 valence electrons. The monoisotopic (exact) mass is 343 g/mol. The summed E-state index contributed by atoms with van der Waals surface area (Å²) in [6, 6.07) is 0. The molecule has 0 atom stereocenters. The zero-order valence-corrected chi connectivity index (χ0v) is 17.1. The Morgan fingerprint density at radius 3 is 1.38 bits per heavy atom. The maximum Gasteiger partial charge on any atom is 0.407 e. The van der Waals surface area contributed by atoms with Crippen LogP contribution in [0.3, 0.4) is 0 Å². The minimum Gasteiger partial charge on any atom is -0.450 e. The van der Waals surface area contributed by atoms with E-state index in [0.717, 1.165) is 6.42 Å². The second-order valence-electron chi connectivity index (χ2n) is 6.56. The van der Waals surface area contributed by atoms with Gasteiger partial charge in [-0.25, -0.2) is 4.79 Å². The first-order valence-corrected chi connectivity index (χ1v) is 10.6. The van der Waals surface area contributed by atoms with E-state index < -0.39 is 0 Å². The lowest BCUT2D eigenvalue weighted by atomic mass is 10.1. The number of hydrogen-bond acceptors (Lipinski definition) is 2. The van der Waals surface area contributed by atoms with Crippen molar-refractivity contribution in [3.8, 4) is 0 Å². The van der Waals surface area contributed by atoms with Gasteiger partial charge in [0, 0.05) is 6.54 Å². The summed E-state index contributed by atoms with van der Waals surface area (Å²) in [5.74, 6) is 0. The summed E-state index contributed by atoms with van der Waals surface area (Å²) in [6.07, 6.45) is 18.5. The van der Waals surface area contributed by atoms with Crippen molar-refractivity contribution >= 4 is 6.09 Å². The van der Waals surface area contributed by atoms with Crippen LogP contribution in [-0.4, -0.2) is 19.2 Å². The molecule has 0 rings (SSSR count). The lowest BCUT2D eigenvalue weighted by Gasteiger charge is -2.04. The molecule has 0 fully saturated rings. The summed E-state index contributed by atoms with van der Waals surface area (Å²) in [5.41, 5.74) is 0. The van der Waals surface area contributed by atoms with E-state index >= 15 is 0 Å². The van der Waals surface area contributed by atoms with Crippen molar-refractivity contribution < 1.29 is 9.53 Å². The molecule has 3 heteroatoms. The summed E-state index contributed by atoms with van der Waals surface area (Å²) in [7, 11) is 0. The van der Waals surface area contributed by atoms with Gasteiger partial charge in [-0.15, -0.1) is 0 Å². The van der Waals surface area contributed by atoms with E-state index in [1.54, 1.807) is 0 Å². The average Bonchev–Trinajstić information content (AvgIpc) is 2.58. The molecule has 0 saturated carbocycles. The molecule has 0 unspecified atom stereocenters. The van der Waals surface area contributed by atoms with Crippen LogP contribution >= 0.6 is 0 Å². The van der Waals surface area contributed by atoms with E-state index in [2.05, 4.69) is 26.1 Å². The van der Waals surface area contributed by atoms with Crippen molar-refractivity contribution in [3.05, 3.63) is 0 Å². The molecule has 0 saturated heterocycles. The second-order valence-corrected chi connectivity index (χ2v) is 6.56. The molecular weight excluding hydrogens is 298 g/mol. The normalized spacial score (nSPS) is 10.0. The van der Waals surface area contributed by atoms with E-state index in [9.17, 15) is 4.79 Å². The largest absolute Gasteiger partial charge is 0.450 e.